The van der Waals surface area contributed by atoms with Gasteiger partial charge in [-0.25, -0.2) is 4.39 Å². The zero-order valence-electron chi connectivity index (χ0n) is 9.48. The number of para-hydroxylation sites is 1. The summed E-state index contributed by atoms with van der Waals surface area (Å²) in [4.78, 5) is 0.844. The molecule has 0 saturated heterocycles. The second-order valence-corrected chi connectivity index (χ2v) is 4.84. The van der Waals surface area contributed by atoms with Gasteiger partial charge in [-0.3, -0.25) is 0 Å². The second-order valence-electron chi connectivity index (χ2n) is 3.83. The zero-order chi connectivity index (χ0) is 12.3. The lowest BCUT2D eigenvalue weighted by molar-refractivity contribution is 0.462. The maximum Gasteiger partial charge on any atom is 0.129 e. The van der Waals surface area contributed by atoms with E-state index in [4.69, 9.17) is 0 Å². The first-order valence-electron chi connectivity index (χ1n) is 5.32. The number of phenolic OH excluding ortho intramolecular Hbond substituents is 1. The third-order valence-electron chi connectivity index (χ3n) is 2.55. The van der Waals surface area contributed by atoms with Crippen LogP contribution in [-0.4, -0.2) is 5.11 Å². The summed E-state index contributed by atoms with van der Waals surface area (Å²) in [6.45, 7) is 1.89. The molecule has 0 amide bonds. The smallest absolute Gasteiger partial charge is 0.129 e. The predicted molar refractivity (Wildman–Crippen MR) is 68.8 cm³/mol. The van der Waals surface area contributed by atoms with Crippen molar-refractivity contribution < 1.29 is 9.50 Å². The molecule has 0 aliphatic carbocycles. The molecule has 0 bridgehead atoms. The summed E-state index contributed by atoms with van der Waals surface area (Å²) in [6.07, 6.45) is 0. The average molecular weight is 248 g/mol. The first-order valence-corrected chi connectivity index (χ1v) is 6.31. The van der Waals surface area contributed by atoms with Gasteiger partial charge in [0.05, 0.1) is 0 Å². The molecule has 17 heavy (non-hydrogen) atoms. The number of phenols is 1. The molecule has 2 aromatic rings. The monoisotopic (exact) mass is 248 g/mol. The van der Waals surface area contributed by atoms with Gasteiger partial charge in [0.2, 0.25) is 0 Å². The van der Waals surface area contributed by atoms with E-state index in [-0.39, 0.29) is 11.6 Å². The Kier molecular flexibility index (Phi) is 3.69. The van der Waals surface area contributed by atoms with Gasteiger partial charge in [0, 0.05) is 10.6 Å². The van der Waals surface area contributed by atoms with E-state index in [9.17, 15) is 9.50 Å². The molecule has 3 heteroatoms. The summed E-state index contributed by atoms with van der Waals surface area (Å²) >= 11 is 1.55. The van der Waals surface area contributed by atoms with Gasteiger partial charge >= 0.3 is 0 Å². The van der Waals surface area contributed by atoms with Gasteiger partial charge in [-0.1, -0.05) is 18.2 Å². The van der Waals surface area contributed by atoms with E-state index in [0.29, 0.717) is 0 Å². The lowest BCUT2D eigenvalue weighted by Gasteiger charge is -2.07. The van der Waals surface area contributed by atoms with E-state index < -0.39 is 0 Å². The summed E-state index contributed by atoms with van der Waals surface area (Å²) in [5.41, 5.74) is 2.02. The van der Waals surface area contributed by atoms with Crippen molar-refractivity contribution in [3.63, 3.8) is 0 Å². The molecular formula is C14H13FOS. The molecular weight excluding hydrogens is 235 g/mol. The number of benzene rings is 2. The van der Waals surface area contributed by atoms with Crippen molar-refractivity contribution in [1.82, 2.24) is 0 Å². The Hall–Kier alpha value is -1.48. The van der Waals surface area contributed by atoms with Gasteiger partial charge in [-0.2, -0.15) is 0 Å². The molecule has 0 saturated carbocycles. The normalized spacial score (nSPS) is 10.5. The molecule has 0 radical (unpaired) electrons. The molecule has 2 rings (SSSR count). The number of halogens is 1. The van der Waals surface area contributed by atoms with E-state index in [2.05, 4.69) is 0 Å². The quantitative estimate of drug-likeness (QED) is 0.824. The van der Waals surface area contributed by atoms with Crippen LogP contribution in [0.5, 0.6) is 5.75 Å². The number of aromatic hydroxyl groups is 1. The number of hydrogen-bond donors (Lipinski definition) is 1. The van der Waals surface area contributed by atoms with Crippen molar-refractivity contribution in [2.45, 2.75) is 17.6 Å². The summed E-state index contributed by atoms with van der Waals surface area (Å²) < 4.78 is 12.9. The first kappa shape index (κ1) is 12.0. The fraction of sp³-hybridized carbons (Fsp3) is 0.143. The van der Waals surface area contributed by atoms with Gasteiger partial charge in [0.25, 0.3) is 0 Å². The van der Waals surface area contributed by atoms with Crippen LogP contribution in [0.15, 0.2) is 47.4 Å². The standard InChI is InChI=1S/C14H13FOS/c1-10-8-12(15)7-6-11(10)9-17-14-5-3-2-4-13(14)16/h2-8,16H,9H2,1H3. The molecule has 0 heterocycles. The van der Waals surface area contributed by atoms with Crippen molar-refractivity contribution >= 4 is 11.8 Å². The Morgan fingerprint density at radius 2 is 1.94 bits per heavy atom. The second kappa shape index (κ2) is 5.23. The number of thioether (sulfide) groups is 1. The minimum Gasteiger partial charge on any atom is -0.507 e. The van der Waals surface area contributed by atoms with Gasteiger partial charge in [0.1, 0.15) is 11.6 Å². The van der Waals surface area contributed by atoms with Gasteiger partial charge in [-0.15, -0.1) is 11.8 Å². The molecule has 0 aliphatic rings. The van der Waals surface area contributed by atoms with Crippen molar-refractivity contribution in [1.29, 1.82) is 0 Å². The molecule has 1 nitrogen and oxygen atoms in total. The topological polar surface area (TPSA) is 20.2 Å². The number of aryl methyl sites for hydroxylation is 1. The zero-order valence-corrected chi connectivity index (χ0v) is 10.3. The molecule has 0 spiro atoms. The Labute approximate surface area is 104 Å². The Morgan fingerprint density at radius 1 is 1.18 bits per heavy atom. The number of hydrogen-bond acceptors (Lipinski definition) is 2. The van der Waals surface area contributed by atoms with Crippen LogP contribution in [0.3, 0.4) is 0 Å². The highest BCUT2D eigenvalue weighted by Gasteiger charge is 2.04. The van der Waals surface area contributed by atoms with Crippen molar-refractivity contribution in [3.05, 3.63) is 59.4 Å². The number of rotatable bonds is 3. The van der Waals surface area contributed by atoms with Crippen LogP contribution in [0.2, 0.25) is 0 Å². The highest BCUT2D eigenvalue weighted by atomic mass is 32.2. The molecule has 0 unspecified atom stereocenters. The van der Waals surface area contributed by atoms with Gasteiger partial charge < -0.3 is 5.11 Å². The fourth-order valence-electron chi connectivity index (χ4n) is 1.56. The maximum absolute atomic E-state index is 12.9. The van der Waals surface area contributed by atoms with E-state index in [1.165, 1.54) is 12.1 Å². The molecule has 88 valence electrons. The van der Waals surface area contributed by atoms with Crippen molar-refractivity contribution in [3.8, 4) is 5.75 Å². The Morgan fingerprint density at radius 3 is 2.65 bits per heavy atom. The Bertz CT molecular complexity index is 525. The summed E-state index contributed by atoms with van der Waals surface area (Å²) in [5.74, 6) is 0.806. The van der Waals surface area contributed by atoms with Crippen LogP contribution in [-0.2, 0) is 5.75 Å². The van der Waals surface area contributed by atoms with E-state index in [1.54, 1.807) is 30.0 Å². The van der Waals surface area contributed by atoms with Crippen LogP contribution in [0, 0.1) is 12.7 Å². The van der Waals surface area contributed by atoms with E-state index in [1.807, 2.05) is 19.1 Å². The third-order valence-corrected chi connectivity index (χ3v) is 3.66. The van der Waals surface area contributed by atoms with E-state index >= 15 is 0 Å². The highest BCUT2D eigenvalue weighted by molar-refractivity contribution is 7.98. The predicted octanol–water partition coefficient (Wildman–Crippen LogP) is 4.13. The summed E-state index contributed by atoms with van der Waals surface area (Å²) in [6, 6.07) is 12.0. The van der Waals surface area contributed by atoms with E-state index in [0.717, 1.165) is 21.8 Å². The highest BCUT2D eigenvalue weighted by Crippen LogP contribution is 2.31. The Balaban J connectivity index is 2.10. The average Bonchev–Trinajstić information content (AvgIpc) is 2.30. The molecule has 0 aliphatic heterocycles. The third kappa shape index (κ3) is 3.01. The van der Waals surface area contributed by atoms with Crippen LogP contribution in [0.4, 0.5) is 4.39 Å². The maximum atomic E-state index is 12.9. The molecule has 1 N–H and O–H groups in total. The van der Waals surface area contributed by atoms with Gasteiger partial charge in [-0.05, 0) is 42.3 Å². The SMILES string of the molecule is Cc1cc(F)ccc1CSc1ccccc1O. The molecule has 0 atom stereocenters. The summed E-state index contributed by atoms with van der Waals surface area (Å²) in [5, 5.41) is 9.62. The van der Waals surface area contributed by atoms with Crippen LogP contribution in [0.1, 0.15) is 11.1 Å². The fourth-order valence-corrected chi connectivity index (χ4v) is 2.58. The lowest BCUT2D eigenvalue weighted by atomic mass is 10.1. The van der Waals surface area contributed by atoms with Gasteiger partial charge in [0.15, 0.2) is 0 Å². The largest absolute Gasteiger partial charge is 0.507 e. The van der Waals surface area contributed by atoms with Crippen LogP contribution < -0.4 is 0 Å². The lowest BCUT2D eigenvalue weighted by Crippen LogP contribution is -1.88. The van der Waals surface area contributed by atoms with Crippen molar-refractivity contribution in [2.24, 2.45) is 0 Å². The van der Waals surface area contributed by atoms with Crippen molar-refractivity contribution in [2.75, 3.05) is 0 Å². The molecule has 0 aromatic heterocycles. The molecule has 2 aromatic carbocycles. The van der Waals surface area contributed by atoms with Crippen LogP contribution >= 0.6 is 11.8 Å². The first-order chi connectivity index (χ1) is 8.16. The van der Waals surface area contributed by atoms with Crippen LogP contribution in [0.25, 0.3) is 0 Å². The summed E-state index contributed by atoms with van der Waals surface area (Å²) in [7, 11) is 0. The minimum atomic E-state index is -0.209. The minimum absolute atomic E-state index is 0.209. The molecule has 0 fully saturated rings.